The van der Waals surface area contributed by atoms with E-state index in [1.165, 1.54) is 21.5 Å². The van der Waals surface area contributed by atoms with Crippen molar-refractivity contribution in [2.24, 2.45) is 0 Å². The number of benzene rings is 3. The lowest BCUT2D eigenvalue weighted by Gasteiger charge is -2.31. The first-order chi connectivity index (χ1) is 13.4. The molecule has 1 heterocycles. The molecule has 0 aromatic heterocycles. The number of hydrogen-bond acceptors (Lipinski definition) is 2. The van der Waals surface area contributed by atoms with Gasteiger partial charge in [-0.15, -0.1) is 0 Å². The van der Waals surface area contributed by atoms with Gasteiger partial charge in [0.15, 0.2) is 6.29 Å². The molecule has 1 fully saturated rings. The number of ether oxygens (including phenoxy) is 2. The van der Waals surface area contributed by atoms with Crippen molar-refractivity contribution in [2.75, 3.05) is 19.4 Å². The Labute approximate surface area is 179 Å². The normalized spacial score (nSPS) is 15.0. The van der Waals surface area contributed by atoms with Crippen LogP contribution in [-0.2, 0) is 9.47 Å². The van der Waals surface area contributed by atoms with Crippen LogP contribution in [0.25, 0.3) is 0 Å². The summed E-state index contributed by atoms with van der Waals surface area (Å²) >= 11 is 0. The van der Waals surface area contributed by atoms with Crippen molar-refractivity contribution < 1.29 is 26.5 Å². The van der Waals surface area contributed by atoms with Gasteiger partial charge < -0.3 is 26.5 Å². The molecule has 0 bridgehead atoms. The highest BCUT2D eigenvalue weighted by Gasteiger charge is 2.46. The smallest absolute Gasteiger partial charge is 0.187 e. The molecule has 0 unspecified atom stereocenters. The van der Waals surface area contributed by atoms with Gasteiger partial charge >= 0.3 is 0 Å². The second-order valence-corrected chi connectivity index (χ2v) is 10.5. The molecule has 0 amide bonds. The molecule has 3 aromatic carbocycles. The summed E-state index contributed by atoms with van der Waals surface area (Å²) in [5, 5.41) is 4.18. The zero-order valence-corrected chi connectivity index (χ0v) is 18.6. The van der Waals surface area contributed by atoms with Gasteiger partial charge in [0.1, 0.15) is 23.2 Å². The topological polar surface area (TPSA) is 18.5 Å². The lowest BCUT2D eigenvalue weighted by atomic mass is 10.2. The molecule has 1 saturated heterocycles. The summed E-state index contributed by atoms with van der Waals surface area (Å²) in [6.45, 7) is 3.83. The largest absolute Gasteiger partial charge is 1.00 e. The first-order valence-corrected chi connectivity index (χ1v) is 11.7. The van der Waals surface area contributed by atoms with Gasteiger partial charge in [-0.05, 0) is 49.7 Å². The summed E-state index contributed by atoms with van der Waals surface area (Å²) < 4.78 is 12.0. The summed E-state index contributed by atoms with van der Waals surface area (Å²) in [5.41, 5.74) is 1.18. The van der Waals surface area contributed by atoms with E-state index in [-0.39, 0.29) is 23.3 Å². The fourth-order valence-corrected chi connectivity index (χ4v) is 8.28. The van der Waals surface area contributed by atoms with Crippen LogP contribution in [0.15, 0.2) is 84.9 Å². The van der Waals surface area contributed by atoms with E-state index >= 15 is 0 Å². The van der Waals surface area contributed by atoms with Crippen LogP contribution in [0.5, 0.6) is 0 Å². The predicted molar refractivity (Wildman–Crippen MR) is 115 cm³/mol. The molecular formula is C24H26BrO2P. The van der Waals surface area contributed by atoms with E-state index in [0.29, 0.717) is 0 Å². The van der Waals surface area contributed by atoms with Crippen LogP contribution in [0.4, 0.5) is 0 Å². The Morgan fingerprint density at radius 1 is 0.750 bits per heavy atom. The van der Waals surface area contributed by atoms with Gasteiger partial charge in [-0.2, -0.15) is 0 Å². The fourth-order valence-electron chi connectivity index (χ4n) is 4.03. The number of halogens is 1. The SMILES string of the molecule is CC[P+](c1ccccc1)(c1ccccc1)c1ccccc1C1OCCCO1.[Br-]. The minimum atomic E-state index is -1.80. The minimum Gasteiger partial charge on any atom is -1.00 e. The summed E-state index contributed by atoms with van der Waals surface area (Å²) in [7, 11) is -1.80. The third-order valence-electron chi connectivity index (χ3n) is 5.30. The molecule has 0 radical (unpaired) electrons. The van der Waals surface area contributed by atoms with Crippen molar-refractivity contribution in [2.45, 2.75) is 19.6 Å². The molecule has 1 aliphatic rings. The van der Waals surface area contributed by atoms with Gasteiger partial charge in [-0.25, -0.2) is 0 Å². The van der Waals surface area contributed by atoms with Gasteiger partial charge in [-0.3, -0.25) is 0 Å². The second kappa shape index (κ2) is 9.80. The Balaban J connectivity index is 0.00000225. The van der Waals surface area contributed by atoms with Gasteiger partial charge in [0.05, 0.1) is 24.9 Å². The Bertz CT molecular complexity index is 825. The highest BCUT2D eigenvalue weighted by Crippen LogP contribution is 2.56. The highest BCUT2D eigenvalue weighted by molar-refractivity contribution is 7.95. The fraction of sp³-hybridized carbons (Fsp3) is 0.250. The molecule has 4 heteroatoms. The zero-order valence-electron chi connectivity index (χ0n) is 16.1. The number of rotatable bonds is 5. The Morgan fingerprint density at radius 2 is 1.25 bits per heavy atom. The van der Waals surface area contributed by atoms with Crippen LogP contribution in [0, 0.1) is 0 Å². The van der Waals surface area contributed by atoms with Crippen LogP contribution in [-0.4, -0.2) is 19.4 Å². The van der Waals surface area contributed by atoms with Gasteiger partial charge in [0.2, 0.25) is 0 Å². The molecule has 0 N–H and O–H groups in total. The third kappa shape index (κ3) is 3.95. The summed E-state index contributed by atoms with van der Waals surface area (Å²) in [6, 6.07) is 30.6. The molecule has 146 valence electrons. The predicted octanol–water partition coefficient (Wildman–Crippen LogP) is 1.44. The molecule has 4 rings (SSSR count). The third-order valence-corrected chi connectivity index (χ3v) is 9.84. The Kier molecular flexibility index (Phi) is 7.42. The maximum atomic E-state index is 6.01. The van der Waals surface area contributed by atoms with Crippen molar-refractivity contribution >= 4 is 23.2 Å². The lowest BCUT2D eigenvalue weighted by molar-refractivity contribution is -0.182. The molecule has 0 spiro atoms. The van der Waals surface area contributed by atoms with E-state index in [0.717, 1.165) is 25.8 Å². The molecule has 2 nitrogen and oxygen atoms in total. The maximum absolute atomic E-state index is 6.01. The zero-order chi connectivity index (χ0) is 18.5. The van der Waals surface area contributed by atoms with E-state index in [1.807, 2.05) is 0 Å². The van der Waals surface area contributed by atoms with Gasteiger partial charge in [-0.1, -0.05) is 48.5 Å². The van der Waals surface area contributed by atoms with E-state index in [1.54, 1.807) is 0 Å². The molecule has 0 atom stereocenters. The van der Waals surface area contributed by atoms with E-state index in [2.05, 4.69) is 91.9 Å². The molecule has 1 aliphatic heterocycles. The van der Waals surface area contributed by atoms with Crippen molar-refractivity contribution in [1.82, 2.24) is 0 Å². The molecule has 3 aromatic rings. The van der Waals surface area contributed by atoms with Crippen LogP contribution < -0.4 is 32.9 Å². The Morgan fingerprint density at radius 3 is 1.79 bits per heavy atom. The Hall–Kier alpha value is -1.51. The van der Waals surface area contributed by atoms with Crippen molar-refractivity contribution in [3.63, 3.8) is 0 Å². The van der Waals surface area contributed by atoms with Gasteiger partial charge in [0.25, 0.3) is 0 Å². The van der Waals surface area contributed by atoms with Crippen LogP contribution in [0.2, 0.25) is 0 Å². The summed E-state index contributed by atoms with van der Waals surface area (Å²) in [6.07, 6.45) is 1.75. The highest BCUT2D eigenvalue weighted by atomic mass is 79.9. The van der Waals surface area contributed by atoms with Crippen LogP contribution >= 0.6 is 7.26 Å². The van der Waals surface area contributed by atoms with Crippen LogP contribution in [0.3, 0.4) is 0 Å². The van der Waals surface area contributed by atoms with E-state index < -0.39 is 7.26 Å². The van der Waals surface area contributed by atoms with Crippen LogP contribution in [0.1, 0.15) is 25.2 Å². The van der Waals surface area contributed by atoms with Crippen molar-refractivity contribution in [3.8, 4) is 0 Å². The monoisotopic (exact) mass is 456 g/mol. The molecule has 0 aliphatic carbocycles. The molecule has 0 saturated carbocycles. The number of hydrogen-bond donors (Lipinski definition) is 0. The first kappa shape index (κ1) is 21.2. The van der Waals surface area contributed by atoms with E-state index in [9.17, 15) is 0 Å². The van der Waals surface area contributed by atoms with E-state index in [4.69, 9.17) is 9.47 Å². The first-order valence-electron chi connectivity index (χ1n) is 9.68. The maximum Gasteiger partial charge on any atom is 0.187 e. The van der Waals surface area contributed by atoms with Crippen molar-refractivity contribution in [1.29, 1.82) is 0 Å². The molecule has 28 heavy (non-hydrogen) atoms. The average Bonchev–Trinajstić information content (AvgIpc) is 2.77. The molecular weight excluding hydrogens is 431 g/mol. The summed E-state index contributed by atoms with van der Waals surface area (Å²) in [4.78, 5) is 0. The quantitative estimate of drug-likeness (QED) is 0.540. The second-order valence-electron chi connectivity index (χ2n) is 6.78. The minimum absolute atomic E-state index is 0. The lowest BCUT2D eigenvalue weighted by Crippen LogP contribution is -3.00. The van der Waals surface area contributed by atoms with Crippen molar-refractivity contribution in [3.05, 3.63) is 90.5 Å². The average molecular weight is 457 g/mol. The summed E-state index contributed by atoms with van der Waals surface area (Å²) in [5.74, 6) is 0. The van der Waals surface area contributed by atoms with Gasteiger partial charge in [0, 0.05) is 0 Å². The standard InChI is InChI=1S/C24H26O2P.BrH/c1-2-27(20-12-5-3-6-13-20,21-14-7-4-8-15-21)23-17-10-9-16-22(23)24-25-18-11-19-26-24;/h3-10,12-17,24H,2,11,18-19H2,1H3;1H/q+1;/p-1.